The van der Waals surface area contributed by atoms with Crippen LogP contribution in [0.15, 0.2) is 54.2 Å². The fraction of sp³-hybridized carbons (Fsp3) is 0.143. The number of nitrogens with one attached hydrogen (secondary N) is 1. The Hall–Kier alpha value is -3.03. The number of nitrogens with zero attached hydrogens (tertiary/aromatic N) is 3. The van der Waals surface area contributed by atoms with Crippen molar-refractivity contribution in [2.45, 2.75) is 19.8 Å². The van der Waals surface area contributed by atoms with Crippen LogP contribution in [0.5, 0.6) is 0 Å². The predicted molar refractivity (Wildman–Crippen MR) is 118 cm³/mol. The molecule has 0 bridgehead atoms. The summed E-state index contributed by atoms with van der Waals surface area (Å²) in [5.41, 5.74) is 3.51. The first kappa shape index (κ1) is 19.3. The van der Waals surface area contributed by atoms with E-state index in [1.165, 1.54) is 29.3 Å². The van der Waals surface area contributed by atoms with Crippen molar-refractivity contribution < 1.29 is 4.92 Å². The molecule has 4 rings (SSSR count). The maximum atomic E-state index is 11.4. The fourth-order valence-corrected chi connectivity index (χ4v) is 4.20. The van der Waals surface area contributed by atoms with Crippen LogP contribution in [0.1, 0.15) is 25.3 Å². The largest absolute Gasteiger partial charge is 0.334 e. The van der Waals surface area contributed by atoms with Crippen LogP contribution in [0.3, 0.4) is 0 Å². The van der Waals surface area contributed by atoms with E-state index in [-0.39, 0.29) is 5.69 Å². The topological polar surface area (TPSA) is 81.0 Å². The van der Waals surface area contributed by atoms with Crippen LogP contribution >= 0.6 is 22.9 Å². The summed E-state index contributed by atoms with van der Waals surface area (Å²) < 4.78 is 0. The molecule has 29 heavy (non-hydrogen) atoms. The van der Waals surface area contributed by atoms with Crippen molar-refractivity contribution in [3.8, 4) is 11.1 Å². The van der Waals surface area contributed by atoms with Gasteiger partial charge in [-0.2, -0.15) is 0 Å². The number of fused-ring (bicyclic) bond motifs is 1. The number of anilines is 2. The molecule has 0 aliphatic rings. The molecule has 0 radical (unpaired) electrons. The Morgan fingerprint density at radius 2 is 1.90 bits per heavy atom. The molecule has 4 aromatic rings. The zero-order valence-electron chi connectivity index (χ0n) is 15.7. The van der Waals surface area contributed by atoms with E-state index in [0.717, 1.165) is 21.3 Å². The second-order valence-electron chi connectivity index (χ2n) is 6.87. The molecule has 0 fully saturated rings. The molecule has 0 atom stereocenters. The quantitative estimate of drug-likeness (QED) is 0.282. The van der Waals surface area contributed by atoms with E-state index in [1.54, 1.807) is 12.1 Å². The molecule has 2 heterocycles. The zero-order chi connectivity index (χ0) is 20.5. The number of nitro groups is 1. The summed E-state index contributed by atoms with van der Waals surface area (Å²) in [5.74, 6) is 0.971. The smallest absolute Gasteiger partial charge is 0.294 e. The van der Waals surface area contributed by atoms with E-state index in [4.69, 9.17) is 11.6 Å². The van der Waals surface area contributed by atoms with Gasteiger partial charge in [0.1, 0.15) is 22.7 Å². The highest BCUT2D eigenvalue weighted by Crippen LogP contribution is 2.39. The van der Waals surface area contributed by atoms with Gasteiger partial charge in [-0.1, -0.05) is 49.7 Å². The summed E-state index contributed by atoms with van der Waals surface area (Å²) in [4.78, 5) is 20.5. The lowest BCUT2D eigenvalue weighted by Crippen LogP contribution is -1.99. The second-order valence-corrected chi connectivity index (χ2v) is 8.17. The lowest BCUT2D eigenvalue weighted by Gasteiger charge is -2.10. The van der Waals surface area contributed by atoms with Gasteiger partial charge in [-0.05, 0) is 29.2 Å². The Kier molecular flexibility index (Phi) is 5.17. The van der Waals surface area contributed by atoms with Crippen molar-refractivity contribution in [3.05, 3.63) is 74.9 Å². The molecular weight excluding hydrogens is 408 g/mol. The highest BCUT2D eigenvalue weighted by atomic mass is 35.5. The van der Waals surface area contributed by atoms with Crippen molar-refractivity contribution in [1.29, 1.82) is 0 Å². The Labute approximate surface area is 176 Å². The lowest BCUT2D eigenvalue weighted by molar-refractivity contribution is -0.383. The minimum absolute atomic E-state index is 0.109. The van der Waals surface area contributed by atoms with E-state index >= 15 is 0 Å². The first-order valence-electron chi connectivity index (χ1n) is 8.97. The van der Waals surface area contributed by atoms with Crippen LogP contribution in [-0.2, 0) is 0 Å². The third kappa shape index (κ3) is 3.79. The molecule has 2 aromatic heterocycles. The van der Waals surface area contributed by atoms with E-state index in [0.29, 0.717) is 22.4 Å². The number of thiophene rings is 1. The molecular formula is C21H17ClN4O2S. The highest BCUT2D eigenvalue weighted by Gasteiger charge is 2.18. The normalized spacial score (nSPS) is 11.2. The SMILES string of the molecule is CC(C)c1ccc(-c2csc3ncnc(Nc4ccc(Cl)cc4[N+](=O)[O-])c23)cc1. The minimum atomic E-state index is -0.466. The van der Waals surface area contributed by atoms with Gasteiger partial charge in [0.15, 0.2) is 0 Å². The number of nitro benzene ring substituents is 1. The van der Waals surface area contributed by atoms with E-state index < -0.39 is 4.92 Å². The highest BCUT2D eigenvalue weighted by molar-refractivity contribution is 7.17. The Morgan fingerprint density at radius 1 is 1.14 bits per heavy atom. The lowest BCUT2D eigenvalue weighted by atomic mass is 9.99. The zero-order valence-corrected chi connectivity index (χ0v) is 17.3. The van der Waals surface area contributed by atoms with Gasteiger partial charge < -0.3 is 5.32 Å². The van der Waals surface area contributed by atoms with Gasteiger partial charge >= 0.3 is 0 Å². The molecule has 0 saturated heterocycles. The molecule has 1 N–H and O–H groups in total. The van der Waals surface area contributed by atoms with Crippen LogP contribution in [0.25, 0.3) is 21.3 Å². The first-order valence-corrected chi connectivity index (χ1v) is 10.2. The Morgan fingerprint density at radius 3 is 2.59 bits per heavy atom. The maximum absolute atomic E-state index is 11.4. The van der Waals surface area contributed by atoms with Crippen molar-refractivity contribution in [3.63, 3.8) is 0 Å². The first-order chi connectivity index (χ1) is 13.9. The fourth-order valence-electron chi connectivity index (χ4n) is 3.12. The number of halogens is 1. The molecule has 0 unspecified atom stereocenters. The molecule has 8 heteroatoms. The standard InChI is InChI=1S/C21H17ClN4O2S/c1-12(2)13-3-5-14(6-4-13)16-10-29-21-19(16)20(23-11-24-21)25-17-8-7-15(22)9-18(17)26(27)28/h3-12H,1-2H3,(H,23,24,25). The van der Waals surface area contributed by atoms with Crippen molar-refractivity contribution in [1.82, 2.24) is 9.97 Å². The third-order valence-corrected chi connectivity index (χ3v) is 5.79. The summed E-state index contributed by atoms with van der Waals surface area (Å²) in [6, 6.07) is 12.9. The van der Waals surface area contributed by atoms with Gasteiger partial charge in [-0.15, -0.1) is 11.3 Å². The Balaban J connectivity index is 1.81. The summed E-state index contributed by atoms with van der Waals surface area (Å²) in [5, 5.41) is 17.7. The maximum Gasteiger partial charge on any atom is 0.294 e. The van der Waals surface area contributed by atoms with Gasteiger partial charge in [-0.25, -0.2) is 9.97 Å². The molecule has 146 valence electrons. The van der Waals surface area contributed by atoms with Gasteiger partial charge in [0, 0.05) is 22.0 Å². The number of rotatable bonds is 5. The van der Waals surface area contributed by atoms with Gasteiger partial charge in [0.05, 0.1) is 10.3 Å². The molecule has 0 amide bonds. The number of hydrogen-bond donors (Lipinski definition) is 1. The van der Waals surface area contributed by atoms with Crippen LogP contribution in [0, 0.1) is 10.1 Å². The van der Waals surface area contributed by atoms with Gasteiger partial charge in [0.25, 0.3) is 5.69 Å². The summed E-state index contributed by atoms with van der Waals surface area (Å²) in [7, 11) is 0. The second kappa shape index (κ2) is 7.77. The molecule has 0 spiro atoms. The van der Waals surface area contributed by atoms with E-state index in [9.17, 15) is 10.1 Å². The summed E-state index contributed by atoms with van der Waals surface area (Å²) in [6.45, 7) is 4.31. The van der Waals surface area contributed by atoms with Crippen LogP contribution in [-0.4, -0.2) is 14.9 Å². The molecule has 2 aromatic carbocycles. The van der Waals surface area contributed by atoms with Crippen LogP contribution < -0.4 is 5.32 Å². The molecule has 6 nitrogen and oxygen atoms in total. The van der Waals surface area contributed by atoms with E-state index in [1.807, 2.05) is 5.38 Å². The van der Waals surface area contributed by atoms with Crippen molar-refractivity contribution in [2.24, 2.45) is 0 Å². The van der Waals surface area contributed by atoms with Gasteiger partial charge in [-0.3, -0.25) is 10.1 Å². The third-order valence-electron chi connectivity index (χ3n) is 4.67. The predicted octanol–water partition coefficient (Wildman–Crippen LogP) is 6.79. The van der Waals surface area contributed by atoms with E-state index in [2.05, 4.69) is 53.4 Å². The Bertz CT molecular complexity index is 1210. The monoisotopic (exact) mass is 424 g/mol. The average Bonchev–Trinajstić information content (AvgIpc) is 3.14. The molecule has 0 aliphatic heterocycles. The van der Waals surface area contributed by atoms with Crippen LogP contribution in [0.4, 0.5) is 17.2 Å². The number of hydrogen-bond acceptors (Lipinski definition) is 6. The van der Waals surface area contributed by atoms with Gasteiger partial charge in [0.2, 0.25) is 0 Å². The van der Waals surface area contributed by atoms with Crippen molar-refractivity contribution in [2.75, 3.05) is 5.32 Å². The number of benzene rings is 2. The summed E-state index contributed by atoms with van der Waals surface area (Å²) in [6.07, 6.45) is 1.45. The molecule has 0 aliphatic carbocycles. The average molecular weight is 425 g/mol. The van der Waals surface area contributed by atoms with Crippen molar-refractivity contribution >= 4 is 50.3 Å². The van der Waals surface area contributed by atoms with Crippen LogP contribution in [0.2, 0.25) is 5.02 Å². The minimum Gasteiger partial charge on any atom is -0.334 e. The summed E-state index contributed by atoms with van der Waals surface area (Å²) >= 11 is 7.44. The molecule has 0 saturated carbocycles. The number of aromatic nitrogens is 2.